The molecule has 0 N–H and O–H groups in total. The van der Waals surface area contributed by atoms with Gasteiger partial charge >= 0.3 is 0 Å². The Hall–Kier alpha value is -2.00. The summed E-state index contributed by atoms with van der Waals surface area (Å²) in [5.41, 5.74) is 2.44. The maximum Gasteiger partial charge on any atom is 0.253 e. The smallest absolute Gasteiger partial charge is 0.253 e. The molecule has 0 heterocycles. The van der Waals surface area contributed by atoms with Crippen molar-refractivity contribution in [2.24, 2.45) is 0 Å². The fourth-order valence-corrected chi connectivity index (χ4v) is 5.56. The van der Waals surface area contributed by atoms with Crippen LogP contribution < -0.4 is 0 Å². The molecule has 0 aliphatic heterocycles. The number of hydrogen-bond donors (Lipinski definition) is 0. The van der Waals surface area contributed by atoms with E-state index in [4.69, 9.17) is 0 Å². The molecule has 0 unspecified atom stereocenters. The average molecular weight is 608 g/mol. The van der Waals surface area contributed by atoms with Gasteiger partial charge in [-0.2, -0.15) is 4.31 Å². The standard InChI is InChI=1S/C26H28Br2N2O3S/c1-4-29(2)26(31)21-6-5-7-25(18-21)34(32,33)30(3)24(16-19-8-12-22(27)13-9-19)17-20-10-14-23(28)15-11-20/h5-15,18,24H,4,16-17H2,1-3H3. The van der Waals surface area contributed by atoms with Crippen molar-refractivity contribution in [3.05, 3.63) is 98.4 Å². The third-order valence-electron chi connectivity index (χ3n) is 5.86. The topological polar surface area (TPSA) is 57.7 Å². The minimum absolute atomic E-state index is 0.113. The molecule has 180 valence electrons. The van der Waals surface area contributed by atoms with Crippen molar-refractivity contribution in [3.8, 4) is 0 Å². The van der Waals surface area contributed by atoms with Crippen LogP contribution in [0.15, 0.2) is 86.6 Å². The number of carbonyl (C=O) groups is 1. The number of nitrogens with zero attached hydrogens (tertiary/aromatic N) is 2. The molecule has 0 saturated heterocycles. The molecule has 3 rings (SSSR count). The Balaban J connectivity index is 1.95. The molecule has 0 atom stereocenters. The van der Waals surface area contributed by atoms with Gasteiger partial charge in [-0.3, -0.25) is 4.79 Å². The summed E-state index contributed by atoms with van der Waals surface area (Å²) in [6, 6.07) is 21.8. The molecule has 3 aromatic rings. The molecule has 0 radical (unpaired) electrons. The molecule has 5 nitrogen and oxygen atoms in total. The molecule has 0 spiro atoms. The molecular weight excluding hydrogens is 580 g/mol. The number of carbonyl (C=O) groups excluding carboxylic acids is 1. The van der Waals surface area contributed by atoms with Crippen LogP contribution in [0, 0.1) is 0 Å². The van der Waals surface area contributed by atoms with Crippen molar-refractivity contribution >= 4 is 47.8 Å². The molecule has 0 aliphatic rings. The second-order valence-corrected chi connectivity index (χ2v) is 12.0. The Morgan fingerprint density at radius 3 is 1.82 bits per heavy atom. The Bertz CT molecular complexity index is 1180. The minimum atomic E-state index is -3.84. The quantitative estimate of drug-likeness (QED) is 0.310. The van der Waals surface area contributed by atoms with Crippen molar-refractivity contribution in [3.63, 3.8) is 0 Å². The summed E-state index contributed by atoms with van der Waals surface area (Å²) in [7, 11) is -0.527. The van der Waals surface area contributed by atoms with Gasteiger partial charge in [-0.1, -0.05) is 62.2 Å². The van der Waals surface area contributed by atoms with E-state index in [1.807, 2.05) is 55.5 Å². The number of sulfonamides is 1. The zero-order valence-corrected chi connectivity index (χ0v) is 23.4. The molecule has 1 amide bonds. The van der Waals surface area contributed by atoms with E-state index in [0.717, 1.165) is 20.1 Å². The van der Waals surface area contributed by atoms with Crippen LogP contribution in [0.2, 0.25) is 0 Å². The number of rotatable bonds is 9. The highest BCUT2D eigenvalue weighted by Crippen LogP contribution is 2.24. The maximum atomic E-state index is 13.7. The largest absolute Gasteiger partial charge is 0.342 e. The van der Waals surface area contributed by atoms with Crippen molar-refractivity contribution in [2.45, 2.75) is 30.7 Å². The van der Waals surface area contributed by atoms with E-state index >= 15 is 0 Å². The van der Waals surface area contributed by atoms with Crippen LogP contribution >= 0.6 is 31.9 Å². The molecule has 0 fully saturated rings. The van der Waals surface area contributed by atoms with Crippen LogP contribution in [0.5, 0.6) is 0 Å². The second kappa shape index (κ2) is 11.6. The molecule has 0 bridgehead atoms. The van der Waals surface area contributed by atoms with Crippen LogP contribution in [0.25, 0.3) is 0 Å². The van der Waals surface area contributed by atoms with Gasteiger partial charge in [0.1, 0.15) is 0 Å². The Labute approximate surface area is 219 Å². The van der Waals surface area contributed by atoms with E-state index in [0.29, 0.717) is 24.9 Å². The summed E-state index contributed by atoms with van der Waals surface area (Å²) in [6.45, 7) is 2.42. The highest BCUT2D eigenvalue weighted by molar-refractivity contribution is 9.10. The van der Waals surface area contributed by atoms with Crippen molar-refractivity contribution in [1.82, 2.24) is 9.21 Å². The summed E-state index contributed by atoms with van der Waals surface area (Å²) >= 11 is 6.91. The molecule has 0 saturated carbocycles. The molecule has 34 heavy (non-hydrogen) atoms. The average Bonchev–Trinajstić information content (AvgIpc) is 2.84. The lowest BCUT2D eigenvalue weighted by Crippen LogP contribution is -2.40. The first-order valence-corrected chi connectivity index (χ1v) is 14.0. The van der Waals surface area contributed by atoms with E-state index < -0.39 is 10.0 Å². The fourth-order valence-electron chi connectivity index (χ4n) is 3.63. The number of amides is 1. The van der Waals surface area contributed by atoms with E-state index in [2.05, 4.69) is 31.9 Å². The lowest BCUT2D eigenvalue weighted by atomic mass is 9.99. The Kier molecular flexibility index (Phi) is 9.09. The zero-order chi connectivity index (χ0) is 24.9. The summed E-state index contributed by atoms with van der Waals surface area (Å²) < 4.78 is 30.7. The van der Waals surface area contributed by atoms with Gasteiger partial charge in [0.05, 0.1) is 4.90 Å². The Morgan fingerprint density at radius 2 is 1.35 bits per heavy atom. The van der Waals surface area contributed by atoms with E-state index in [1.165, 1.54) is 10.4 Å². The van der Waals surface area contributed by atoms with E-state index in [-0.39, 0.29) is 16.8 Å². The van der Waals surface area contributed by atoms with Gasteiger partial charge in [0.25, 0.3) is 5.91 Å². The highest BCUT2D eigenvalue weighted by Gasteiger charge is 2.29. The third-order valence-corrected chi connectivity index (χ3v) is 8.83. The first-order chi connectivity index (χ1) is 16.1. The predicted octanol–water partition coefficient (Wildman–Crippen LogP) is 5.78. The first-order valence-electron chi connectivity index (χ1n) is 10.9. The fraction of sp³-hybridized carbons (Fsp3) is 0.269. The number of benzene rings is 3. The summed E-state index contributed by atoms with van der Waals surface area (Å²) in [4.78, 5) is 14.3. The van der Waals surface area contributed by atoms with Gasteiger partial charge in [-0.05, 0) is 73.4 Å². The summed E-state index contributed by atoms with van der Waals surface area (Å²) in [6.07, 6.45) is 1.10. The number of halogens is 2. The van der Waals surface area contributed by atoms with Crippen LogP contribution in [-0.2, 0) is 22.9 Å². The van der Waals surface area contributed by atoms with Crippen molar-refractivity contribution in [2.75, 3.05) is 20.6 Å². The van der Waals surface area contributed by atoms with Gasteiger partial charge in [0.2, 0.25) is 10.0 Å². The SMILES string of the molecule is CCN(C)C(=O)c1cccc(S(=O)(=O)N(C)C(Cc2ccc(Br)cc2)Cc2ccc(Br)cc2)c1. The van der Waals surface area contributed by atoms with Gasteiger partial charge in [0, 0.05) is 41.2 Å². The van der Waals surface area contributed by atoms with Crippen LogP contribution in [0.1, 0.15) is 28.4 Å². The maximum absolute atomic E-state index is 13.7. The molecular formula is C26H28Br2N2O3S. The molecule has 0 aliphatic carbocycles. The molecule has 0 aromatic heterocycles. The number of hydrogen-bond acceptors (Lipinski definition) is 3. The molecule has 8 heteroatoms. The number of likely N-dealkylation sites (N-methyl/N-ethyl adjacent to an activating group) is 1. The van der Waals surface area contributed by atoms with E-state index in [1.54, 1.807) is 37.2 Å². The Morgan fingerprint density at radius 1 is 0.853 bits per heavy atom. The van der Waals surface area contributed by atoms with Gasteiger partial charge in [-0.25, -0.2) is 8.42 Å². The second-order valence-electron chi connectivity index (χ2n) is 8.18. The van der Waals surface area contributed by atoms with Crippen molar-refractivity contribution in [1.29, 1.82) is 0 Å². The normalized spacial score (nSPS) is 11.7. The predicted molar refractivity (Wildman–Crippen MR) is 144 cm³/mol. The van der Waals surface area contributed by atoms with Gasteiger partial charge < -0.3 is 4.90 Å². The van der Waals surface area contributed by atoms with Crippen LogP contribution in [0.4, 0.5) is 0 Å². The zero-order valence-electron chi connectivity index (χ0n) is 19.4. The van der Waals surface area contributed by atoms with E-state index in [9.17, 15) is 13.2 Å². The lowest BCUT2D eigenvalue weighted by molar-refractivity contribution is 0.0802. The van der Waals surface area contributed by atoms with Gasteiger partial charge in [0.15, 0.2) is 0 Å². The van der Waals surface area contributed by atoms with Crippen molar-refractivity contribution < 1.29 is 13.2 Å². The third kappa shape index (κ3) is 6.56. The summed E-state index contributed by atoms with van der Waals surface area (Å²) in [5, 5.41) is 0. The lowest BCUT2D eigenvalue weighted by Gasteiger charge is -2.28. The van der Waals surface area contributed by atoms with Gasteiger partial charge in [-0.15, -0.1) is 0 Å². The minimum Gasteiger partial charge on any atom is -0.342 e. The highest BCUT2D eigenvalue weighted by atomic mass is 79.9. The first kappa shape index (κ1) is 26.6. The molecule has 3 aromatic carbocycles. The van der Waals surface area contributed by atoms with Crippen LogP contribution in [-0.4, -0.2) is 50.2 Å². The monoisotopic (exact) mass is 606 g/mol. The summed E-state index contributed by atoms with van der Waals surface area (Å²) in [5.74, 6) is -0.205. The van der Waals surface area contributed by atoms with Crippen LogP contribution in [0.3, 0.4) is 0 Å².